The van der Waals surface area contributed by atoms with Gasteiger partial charge in [-0.2, -0.15) is 0 Å². The maximum atomic E-state index is 12.3. The fraction of sp³-hybridized carbons (Fsp3) is 0. The smallest absolute Gasteiger partial charge is 0.265 e. The Morgan fingerprint density at radius 2 is 1.80 bits per heavy atom. The molecule has 0 bridgehead atoms. The molecule has 0 saturated carbocycles. The average Bonchev–Trinajstić information content (AvgIpc) is 3.12. The lowest BCUT2D eigenvalue weighted by atomic mass is 10.3. The maximum absolute atomic E-state index is 12.3. The molecule has 1 amide bonds. The summed E-state index contributed by atoms with van der Waals surface area (Å²) in [5, 5.41) is 11.9. The van der Waals surface area contributed by atoms with Crippen LogP contribution < -0.4 is 10.0 Å². The maximum Gasteiger partial charge on any atom is 0.265 e. The van der Waals surface area contributed by atoms with Crippen LogP contribution in [0.4, 0.5) is 11.5 Å². The highest BCUT2D eigenvalue weighted by Gasteiger charge is 2.15. The van der Waals surface area contributed by atoms with Crippen LogP contribution in [0.15, 0.2) is 58.8 Å². The monoisotopic (exact) mass is 394 g/mol. The highest BCUT2D eigenvalue weighted by Crippen LogP contribution is 2.18. The second-order valence-corrected chi connectivity index (χ2v) is 7.82. The van der Waals surface area contributed by atoms with Gasteiger partial charge in [-0.15, -0.1) is 21.5 Å². The van der Waals surface area contributed by atoms with Gasteiger partial charge in [0.05, 0.1) is 9.77 Å². The number of nitrogens with zero attached hydrogens (tertiary/aromatic N) is 2. The lowest BCUT2D eigenvalue weighted by Crippen LogP contribution is -2.14. The Labute approximate surface area is 152 Å². The number of carbonyl (C=O) groups is 1. The topological polar surface area (TPSA) is 101 Å². The van der Waals surface area contributed by atoms with Crippen LogP contribution in [-0.4, -0.2) is 24.5 Å². The number of nitrogens with one attached hydrogen (secondary N) is 2. The molecule has 0 saturated heterocycles. The molecule has 0 aliphatic heterocycles. The molecule has 0 atom stereocenters. The molecule has 0 aliphatic rings. The van der Waals surface area contributed by atoms with Gasteiger partial charge in [0.1, 0.15) is 0 Å². The van der Waals surface area contributed by atoms with E-state index in [1.807, 2.05) is 0 Å². The number of sulfonamides is 1. The Kier molecular flexibility index (Phi) is 4.98. The van der Waals surface area contributed by atoms with Crippen LogP contribution in [0.5, 0.6) is 0 Å². The number of amides is 1. The van der Waals surface area contributed by atoms with E-state index in [2.05, 4.69) is 20.2 Å². The first kappa shape index (κ1) is 17.3. The second kappa shape index (κ2) is 7.18. The minimum atomic E-state index is -3.82. The molecule has 2 N–H and O–H groups in total. The van der Waals surface area contributed by atoms with Gasteiger partial charge in [0, 0.05) is 5.69 Å². The van der Waals surface area contributed by atoms with Gasteiger partial charge in [-0.25, -0.2) is 8.42 Å². The third-order valence-corrected chi connectivity index (χ3v) is 5.48. The predicted molar refractivity (Wildman–Crippen MR) is 96.6 cm³/mol. The van der Waals surface area contributed by atoms with E-state index in [0.29, 0.717) is 10.6 Å². The molecule has 0 aliphatic carbocycles. The predicted octanol–water partition coefficient (Wildman–Crippen LogP) is 3.24. The fourth-order valence-corrected chi connectivity index (χ4v) is 3.60. The molecular formula is C15H11ClN4O3S2. The molecule has 0 radical (unpaired) electrons. The summed E-state index contributed by atoms with van der Waals surface area (Å²) in [4.78, 5) is 12.6. The third kappa shape index (κ3) is 4.32. The van der Waals surface area contributed by atoms with Crippen LogP contribution >= 0.6 is 22.9 Å². The van der Waals surface area contributed by atoms with Crippen LogP contribution in [0.2, 0.25) is 5.15 Å². The van der Waals surface area contributed by atoms with Gasteiger partial charge < -0.3 is 5.32 Å². The van der Waals surface area contributed by atoms with Gasteiger partial charge in [-0.3, -0.25) is 9.52 Å². The third-order valence-electron chi connectivity index (χ3n) is 3.04. The molecule has 128 valence electrons. The van der Waals surface area contributed by atoms with Gasteiger partial charge in [0.15, 0.2) is 11.0 Å². The first-order chi connectivity index (χ1) is 11.9. The summed E-state index contributed by atoms with van der Waals surface area (Å²) in [6.45, 7) is 0. The molecule has 2 heterocycles. The summed E-state index contributed by atoms with van der Waals surface area (Å²) in [5.41, 5.74) is 0.489. The molecule has 3 rings (SSSR count). The van der Waals surface area contributed by atoms with Crippen LogP contribution in [0.3, 0.4) is 0 Å². The Morgan fingerprint density at radius 3 is 2.40 bits per heavy atom. The second-order valence-electron chi connectivity index (χ2n) is 4.80. The molecule has 2 aromatic heterocycles. The molecule has 0 fully saturated rings. The van der Waals surface area contributed by atoms with Crippen molar-refractivity contribution in [3.05, 3.63) is 63.9 Å². The number of hydrogen-bond acceptors (Lipinski definition) is 6. The van der Waals surface area contributed by atoms with Gasteiger partial charge in [-0.05, 0) is 47.8 Å². The minimum Gasteiger partial charge on any atom is -0.321 e. The van der Waals surface area contributed by atoms with E-state index >= 15 is 0 Å². The number of benzene rings is 1. The highest BCUT2D eigenvalue weighted by atomic mass is 35.5. The number of halogens is 1. The van der Waals surface area contributed by atoms with E-state index < -0.39 is 10.0 Å². The number of hydrogen-bond donors (Lipinski definition) is 2. The van der Waals surface area contributed by atoms with Crippen molar-refractivity contribution in [2.75, 3.05) is 10.0 Å². The van der Waals surface area contributed by atoms with E-state index in [-0.39, 0.29) is 21.8 Å². The molecular weight excluding hydrogens is 384 g/mol. The molecule has 10 heteroatoms. The number of rotatable bonds is 5. The largest absolute Gasteiger partial charge is 0.321 e. The number of anilines is 2. The summed E-state index contributed by atoms with van der Waals surface area (Å²) in [5.74, 6) is -0.195. The summed E-state index contributed by atoms with van der Waals surface area (Å²) in [6, 6.07) is 12.1. The molecule has 25 heavy (non-hydrogen) atoms. The minimum absolute atomic E-state index is 0.0263. The van der Waals surface area contributed by atoms with Gasteiger partial charge in [0.2, 0.25) is 0 Å². The molecule has 7 nitrogen and oxygen atoms in total. The number of aromatic nitrogens is 2. The normalized spacial score (nSPS) is 11.1. The van der Waals surface area contributed by atoms with Crippen molar-refractivity contribution < 1.29 is 13.2 Å². The summed E-state index contributed by atoms with van der Waals surface area (Å²) in [6.07, 6.45) is 0. The van der Waals surface area contributed by atoms with E-state index in [9.17, 15) is 13.2 Å². The van der Waals surface area contributed by atoms with Crippen LogP contribution in [0.25, 0.3) is 0 Å². The molecule has 1 aromatic carbocycles. The van der Waals surface area contributed by atoms with Gasteiger partial charge >= 0.3 is 0 Å². The van der Waals surface area contributed by atoms with Crippen molar-refractivity contribution in [3.63, 3.8) is 0 Å². The van der Waals surface area contributed by atoms with Gasteiger partial charge in [-0.1, -0.05) is 17.7 Å². The Balaban J connectivity index is 1.72. The van der Waals surface area contributed by atoms with Crippen LogP contribution in [0.1, 0.15) is 9.67 Å². The van der Waals surface area contributed by atoms with Gasteiger partial charge in [0.25, 0.3) is 15.9 Å². The molecule has 0 unspecified atom stereocenters. The zero-order valence-electron chi connectivity index (χ0n) is 12.5. The number of thiophene rings is 1. The average molecular weight is 395 g/mol. The van der Waals surface area contributed by atoms with Crippen LogP contribution in [-0.2, 0) is 10.0 Å². The van der Waals surface area contributed by atoms with Crippen molar-refractivity contribution >= 4 is 50.4 Å². The zero-order chi connectivity index (χ0) is 17.9. The lowest BCUT2D eigenvalue weighted by Gasteiger charge is -2.08. The Bertz CT molecular complexity index is 973. The first-order valence-corrected chi connectivity index (χ1v) is 9.65. The first-order valence-electron chi connectivity index (χ1n) is 6.91. The van der Waals surface area contributed by atoms with E-state index in [0.717, 1.165) is 0 Å². The van der Waals surface area contributed by atoms with Crippen molar-refractivity contribution in [2.45, 2.75) is 4.90 Å². The molecule has 0 spiro atoms. The Morgan fingerprint density at radius 1 is 1.04 bits per heavy atom. The van der Waals surface area contributed by atoms with E-state index in [1.165, 1.54) is 47.7 Å². The highest BCUT2D eigenvalue weighted by molar-refractivity contribution is 7.92. The summed E-state index contributed by atoms with van der Waals surface area (Å²) < 4.78 is 26.9. The lowest BCUT2D eigenvalue weighted by molar-refractivity contribution is 0.103. The summed E-state index contributed by atoms with van der Waals surface area (Å²) in [7, 11) is -3.82. The van der Waals surface area contributed by atoms with Crippen molar-refractivity contribution in [1.82, 2.24) is 10.2 Å². The molecule has 3 aromatic rings. The van der Waals surface area contributed by atoms with E-state index in [1.54, 1.807) is 17.5 Å². The van der Waals surface area contributed by atoms with Crippen molar-refractivity contribution in [3.8, 4) is 0 Å². The van der Waals surface area contributed by atoms with Crippen molar-refractivity contribution in [1.29, 1.82) is 0 Å². The Hall–Kier alpha value is -2.49. The summed E-state index contributed by atoms with van der Waals surface area (Å²) >= 11 is 6.93. The van der Waals surface area contributed by atoms with E-state index in [4.69, 9.17) is 11.6 Å². The fourth-order valence-electron chi connectivity index (χ4n) is 1.88. The number of carbonyl (C=O) groups excluding carboxylic acids is 1. The zero-order valence-corrected chi connectivity index (χ0v) is 14.9. The standard InChI is InChI=1S/C15H11ClN4O3S2/c16-13-7-8-14(19-18-13)20-25(22,23)11-5-3-10(4-6-11)17-15(21)12-2-1-9-24-12/h1-9H,(H,17,21)(H,19,20). The SMILES string of the molecule is O=C(Nc1ccc(S(=O)(=O)Nc2ccc(Cl)nn2)cc1)c1cccs1. The van der Waals surface area contributed by atoms with Crippen LogP contribution in [0, 0.1) is 0 Å². The quantitative estimate of drug-likeness (QED) is 0.691. The van der Waals surface area contributed by atoms with Crippen molar-refractivity contribution in [2.24, 2.45) is 0 Å².